The molecule has 30 heavy (non-hydrogen) atoms. The van der Waals surface area contributed by atoms with Crippen LogP contribution in [0.4, 0.5) is 5.95 Å². The first-order valence-electron chi connectivity index (χ1n) is 9.20. The molecule has 4 rings (SSSR count). The Bertz CT molecular complexity index is 1180. The third-order valence-electron chi connectivity index (χ3n) is 4.65. The Hall–Kier alpha value is -3.65. The van der Waals surface area contributed by atoms with Crippen LogP contribution in [0.15, 0.2) is 60.7 Å². The zero-order chi connectivity index (χ0) is 21.1. The highest BCUT2D eigenvalue weighted by molar-refractivity contribution is 7.20. The van der Waals surface area contributed by atoms with Gasteiger partial charge in [-0.3, -0.25) is 4.79 Å². The van der Waals surface area contributed by atoms with Crippen molar-refractivity contribution in [3.05, 3.63) is 76.7 Å². The van der Waals surface area contributed by atoms with Gasteiger partial charge in [0.05, 0.1) is 30.5 Å². The third kappa shape index (κ3) is 3.90. The van der Waals surface area contributed by atoms with Crippen LogP contribution >= 0.6 is 11.3 Å². The molecule has 0 aliphatic heterocycles. The van der Waals surface area contributed by atoms with Crippen molar-refractivity contribution in [2.75, 3.05) is 20.0 Å². The normalized spacial score (nSPS) is 11.8. The fraction of sp³-hybridized carbons (Fsp3) is 0.136. The van der Waals surface area contributed by atoms with E-state index < -0.39 is 0 Å². The van der Waals surface area contributed by atoms with E-state index in [2.05, 4.69) is 15.3 Å². The Balaban J connectivity index is 1.69. The van der Waals surface area contributed by atoms with E-state index in [1.165, 1.54) is 18.4 Å². The molecule has 2 aromatic carbocycles. The fourth-order valence-corrected chi connectivity index (χ4v) is 4.11. The summed E-state index contributed by atoms with van der Waals surface area (Å²) < 4.78 is 10.5. The molecule has 1 atom stereocenters. The summed E-state index contributed by atoms with van der Waals surface area (Å²) in [5.41, 5.74) is 7.65. The van der Waals surface area contributed by atoms with Gasteiger partial charge in [0.25, 0.3) is 5.91 Å². The molecule has 0 saturated heterocycles. The van der Waals surface area contributed by atoms with E-state index in [0.717, 1.165) is 16.9 Å². The number of aromatic nitrogens is 2. The number of fused-ring (bicyclic) bond motifs is 1. The van der Waals surface area contributed by atoms with Crippen LogP contribution in [-0.4, -0.2) is 30.1 Å². The average Bonchev–Trinajstić information content (AvgIpc) is 3.21. The summed E-state index contributed by atoms with van der Waals surface area (Å²) in [5, 5.41) is 3.78. The van der Waals surface area contributed by atoms with Gasteiger partial charge in [-0.05, 0) is 29.3 Å². The number of hydrogen-bond donors (Lipinski definition) is 2. The van der Waals surface area contributed by atoms with Crippen LogP contribution < -0.4 is 20.5 Å². The topological polar surface area (TPSA) is 99.4 Å². The number of anilines is 1. The maximum Gasteiger partial charge on any atom is 0.262 e. The Morgan fingerprint density at radius 3 is 2.37 bits per heavy atom. The number of thiophene rings is 1. The van der Waals surface area contributed by atoms with Gasteiger partial charge in [0, 0.05) is 0 Å². The number of nitrogens with two attached hydrogens (primary N) is 1. The monoisotopic (exact) mass is 420 g/mol. The smallest absolute Gasteiger partial charge is 0.262 e. The standard InChI is InChI=1S/C22H20N4O3S/c1-28-15-10-8-14(9-11-15)18(13-6-4-3-5-7-13)24-19(27)17-12-16-20(29-2)25-22(23)26-21(16)30-17/h3-12,18H,1-2H3,(H,24,27)(H2,23,25,26). The number of nitrogens with zero attached hydrogens (tertiary/aromatic N) is 2. The lowest BCUT2D eigenvalue weighted by Crippen LogP contribution is -2.28. The Morgan fingerprint density at radius 1 is 1.00 bits per heavy atom. The van der Waals surface area contributed by atoms with E-state index >= 15 is 0 Å². The quantitative estimate of drug-likeness (QED) is 0.492. The summed E-state index contributed by atoms with van der Waals surface area (Å²) in [6.07, 6.45) is 0. The minimum Gasteiger partial charge on any atom is -0.497 e. The van der Waals surface area contributed by atoms with Gasteiger partial charge in [0.1, 0.15) is 10.6 Å². The number of benzene rings is 2. The maximum absolute atomic E-state index is 13.1. The highest BCUT2D eigenvalue weighted by Gasteiger charge is 2.21. The third-order valence-corrected chi connectivity index (χ3v) is 5.68. The van der Waals surface area contributed by atoms with E-state index in [1.807, 2.05) is 54.6 Å². The second-order valence-corrected chi connectivity index (χ2v) is 7.54. The predicted octanol–water partition coefficient (Wildman–Crippen LogP) is 3.81. The molecular weight excluding hydrogens is 400 g/mol. The van der Waals surface area contributed by atoms with Crippen molar-refractivity contribution in [1.82, 2.24) is 15.3 Å². The number of amides is 1. The van der Waals surface area contributed by atoms with Crippen molar-refractivity contribution >= 4 is 33.4 Å². The SMILES string of the molecule is COc1ccc(C(NC(=O)c2cc3c(OC)nc(N)nc3s2)c2ccccc2)cc1. The van der Waals surface area contributed by atoms with Crippen LogP contribution in [0.3, 0.4) is 0 Å². The molecular formula is C22H20N4O3S. The lowest BCUT2D eigenvalue weighted by molar-refractivity contribution is 0.0947. The lowest BCUT2D eigenvalue weighted by atomic mass is 9.98. The summed E-state index contributed by atoms with van der Waals surface area (Å²) >= 11 is 1.24. The maximum atomic E-state index is 13.1. The Labute approximate surface area is 177 Å². The first kappa shape index (κ1) is 19.7. The summed E-state index contributed by atoms with van der Waals surface area (Å²) in [5.74, 6) is 0.990. The van der Waals surface area contributed by atoms with Gasteiger partial charge in [0.2, 0.25) is 11.8 Å². The van der Waals surface area contributed by atoms with Gasteiger partial charge in [-0.25, -0.2) is 4.98 Å². The van der Waals surface area contributed by atoms with Crippen molar-refractivity contribution in [2.24, 2.45) is 0 Å². The van der Waals surface area contributed by atoms with Crippen molar-refractivity contribution in [3.63, 3.8) is 0 Å². The van der Waals surface area contributed by atoms with Gasteiger partial charge < -0.3 is 20.5 Å². The zero-order valence-corrected chi connectivity index (χ0v) is 17.3. The number of nitrogens with one attached hydrogen (secondary N) is 1. The van der Waals surface area contributed by atoms with Gasteiger partial charge in [-0.15, -0.1) is 11.3 Å². The minimum atomic E-state index is -0.326. The summed E-state index contributed by atoms with van der Waals surface area (Å²) in [6, 6.07) is 18.8. The van der Waals surface area contributed by atoms with Crippen molar-refractivity contribution < 1.29 is 14.3 Å². The Morgan fingerprint density at radius 2 is 1.70 bits per heavy atom. The molecule has 0 fully saturated rings. The number of hydrogen-bond acceptors (Lipinski definition) is 7. The molecule has 0 radical (unpaired) electrons. The van der Waals surface area contributed by atoms with Crippen molar-refractivity contribution in [2.45, 2.75) is 6.04 Å². The molecule has 0 aliphatic carbocycles. The van der Waals surface area contributed by atoms with E-state index in [-0.39, 0.29) is 17.9 Å². The number of carbonyl (C=O) groups is 1. The van der Waals surface area contributed by atoms with E-state index in [1.54, 1.807) is 13.2 Å². The first-order chi connectivity index (χ1) is 14.6. The van der Waals surface area contributed by atoms with Crippen LogP contribution in [0.1, 0.15) is 26.8 Å². The number of rotatable bonds is 6. The van der Waals surface area contributed by atoms with Crippen molar-refractivity contribution in [3.8, 4) is 11.6 Å². The number of methoxy groups -OCH3 is 2. The van der Waals surface area contributed by atoms with Gasteiger partial charge in [0.15, 0.2) is 0 Å². The van der Waals surface area contributed by atoms with Crippen LogP contribution in [0, 0.1) is 0 Å². The predicted molar refractivity (Wildman–Crippen MR) is 117 cm³/mol. The largest absolute Gasteiger partial charge is 0.497 e. The van der Waals surface area contributed by atoms with E-state index in [9.17, 15) is 4.79 Å². The van der Waals surface area contributed by atoms with Gasteiger partial charge >= 0.3 is 0 Å². The second kappa shape index (κ2) is 8.38. The molecule has 4 aromatic rings. The fourth-order valence-electron chi connectivity index (χ4n) is 3.18. The molecule has 0 bridgehead atoms. The van der Waals surface area contributed by atoms with Crippen LogP contribution in [0.5, 0.6) is 11.6 Å². The van der Waals surface area contributed by atoms with Crippen molar-refractivity contribution in [1.29, 1.82) is 0 Å². The van der Waals surface area contributed by atoms with Gasteiger partial charge in [-0.1, -0.05) is 42.5 Å². The highest BCUT2D eigenvalue weighted by Crippen LogP contribution is 2.32. The van der Waals surface area contributed by atoms with Crippen LogP contribution in [0.25, 0.3) is 10.2 Å². The first-order valence-corrected chi connectivity index (χ1v) is 10.0. The van der Waals surface area contributed by atoms with Crippen LogP contribution in [-0.2, 0) is 0 Å². The molecule has 1 amide bonds. The number of nitrogen functional groups attached to an aromatic ring is 1. The lowest BCUT2D eigenvalue weighted by Gasteiger charge is -2.20. The number of carbonyl (C=O) groups excluding carboxylic acids is 1. The molecule has 2 heterocycles. The summed E-state index contributed by atoms with van der Waals surface area (Å²) in [6.45, 7) is 0. The highest BCUT2D eigenvalue weighted by atomic mass is 32.1. The molecule has 3 N–H and O–H groups in total. The molecule has 0 spiro atoms. The summed E-state index contributed by atoms with van der Waals surface area (Å²) in [7, 11) is 3.13. The van der Waals surface area contributed by atoms with E-state index in [0.29, 0.717) is 21.0 Å². The average molecular weight is 420 g/mol. The molecule has 0 saturated carbocycles. The van der Waals surface area contributed by atoms with Crippen LogP contribution in [0.2, 0.25) is 0 Å². The molecule has 1 unspecified atom stereocenters. The van der Waals surface area contributed by atoms with Gasteiger partial charge in [-0.2, -0.15) is 4.98 Å². The second-order valence-electron chi connectivity index (χ2n) is 6.51. The zero-order valence-electron chi connectivity index (χ0n) is 16.5. The molecule has 2 aromatic heterocycles. The minimum absolute atomic E-state index is 0.105. The molecule has 152 valence electrons. The number of ether oxygens (including phenoxy) is 2. The summed E-state index contributed by atoms with van der Waals surface area (Å²) in [4.78, 5) is 22.5. The molecule has 7 nitrogen and oxygen atoms in total. The molecule has 8 heteroatoms. The molecule has 0 aliphatic rings. The Kier molecular flexibility index (Phi) is 5.49. The van der Waals surface area contributed by atoms with E-state index in [4.69, 9.17) is 15.2 Å².